The largest absolute Gasteiger partial charge is 0.497 e. The van der Waals surface area contributed by atoms with E-state index in [2.05, 4.69) is 0 Å². The highest BCUT2D eigenvalue weighted by Crippen LogP contribution is 2.37. The lowest BCUT2D eigenvalue weighted by molar-refractivity contribution is 0.394. The predicted octanol–water partition coefficient (Wildman–Crippen LogP) is 3.44. The van der Waals surface area contributed by atoms with Gasteiger partial charge in [-0.25, -0.2) is 0 Å². The molecule has 2 rings (SSSR count). The van der Waals surface area contributed by atoms with Crippen molar-refractivity contribution in [2.75, 3.05) is 20.0 Å². The smallest absolute Gasteiger partial charge is 0.133 e. The van der Waals surface area contributed by atoms with Gasteiger partial charge in [-0.2, -0.15) is 0 Å². The molecule has 94 valence electrons. The maximum Gasteiger partial charge on any atom is 0.133 e. The molecule has 0 aliphatic rings. The van der Waals surface area contributed by atoms with Crippen LogP contribution in [0.4, 0.5) is 5.69 Å². The molecule has 0 spiro atoms. The molecule has 0 saturated heterocycles. The van der Waals surface area contributed by atoms with Crippen molar-refractivity contribution in [3.8, 4) is 11.5 Å². The van der Waals surface area contributed by atoms with Crippen LogP contribution in [0.2, 0.25) is 0 Å². The van der Waals surface area contributed by atoms with Crippen LogP contribution in [0.5, 0.6) is 11.5 Å². The van der Waals surface area contributed by atoms with E-state index in [-0.39, 0.29) is 0 Å². The average molecular weight is 261 g/mol. The number of methoxy groups -OCH3 is 2. The molecule has 0 atom stereocenters. The van der Waals surface area contributed by atoms with Crippen molar-refractivity contribution in [2.45, 2.75) is 9.79 Å². The molecule has 0 bridgehead atoms. The van der Waals surface area contributed by atoms with Gasteiger partial charge in [0.05, 0.1) is 19.1 Å². The van der Waals surface area contributed by atoms with Crippen molar-refractivity contribution in [3.05, 3.63) is 42.5 Å². The molecule has 0 unspecified atom stereocenters. The summed E-state index contributed by atoms with van der Waals surface area (Å²) in [6.45, 7) is 0. The first-order valence-corrected chi connectivity index (χ1v) is 6.30. The molecule has 0 aromatic heterocycles. The van der Waals surface area contributed by atoms with Crippen molar-refractivity contribution in [2.24, 2.45) is 0 Å². The van der Waals surface area contributed by atoms with Crippen molar-refractivity contribution in [1.29, 1.82) is 0 Å². The Kier molecular flexibility index (Phi) is 3.99. The molecule has 0 fully saturated rings. The van der Waals surface area contributed by atoms with Crippen molar-refractivity contribution < 1.29 is 9.47 Å². The number of hydrogen-bond donors (Lipinski definition) is 1. The molecular formula is C14H15NO2S. The van der Waals surface area contributed by atoms with Crippen LogP contribution < -0.4 is 15.2 Å². The lowest BCUT2D eigenvalue weighted by atomic mass is 10.3. The normalized spacial score (nSPS) is 10.1. The van der Waals surface area contributed by atoms with Gasteiger partial charge in [0.15, 0.2) is 0 Å². The molecule has 0 radical (unpaired) electrons. The fourth-order valence-corrected chi connectivity index (χ4v) is 2.48. The molecule has 18 heavy (non-hydrogen) atoms. The van der Waals surface area contributed by atoms with Crippen molar-refractivity contribution >= 4 is 17.4 Å². The zero-order chi connectivity index (χ0) is 13.0. The standard InChI is InChI=1S/C14H15NO2S/c1-16-11-5-8-13(17-2)14(9-11)18-12-6-3-10(15)4-7-12/h3-9H,15H2,1-2H3. The van der Waals surface area contributed by atoms with E-state index in [1.54, 1.807) is 26.0 Å². The van der Waals surface area contributed by atoms with Gasteiger partial charge in [0.1, 0.15) is 11.5 Å². The molecule has 2 aromatic carbocycles. The van der Waals surface area contributed by atoms with Gasteiger partial charge in [-0.15, -0.1) is 0 Å². The molecule has 0 aliphatic carbocycles. The maximum atomic E-state index is 5.67. The summed E-state index contributed by atoms with van der Waals surface area (Å²) in [6, 6.07) is 13.5. The highest BCUT2D eigenvalue weighted by molar-refractivity contribution is 7.99. The van der Waals surface area contributed by atoms with Gasteiger partial charge in [0.2, 0.25) is 0 Å². The highest BCUT2D eigenvalue weighted by atomic mass is 32.2. The second kappa shape index (κ2) is 5.69. The Labute approximate surface area is 111 Å². The number of benzene rings is 2. The van der Waals surface area contributed by atoms with E-state index in [1.807, 2.05) is 42.5 Å². The SMILES string of the molecule is COc1ccc(OC)c(Sc2ccc(N)cc2)c1. The van der Waals surface area contributed by atoms with Crippen LogP contribution in [0.25, 0.3) is 0 Å². The van der Waals surface area contributed by atoms with Crippen molar-refractivity contribution in [3.63, 3.8) is 0 Å². The van der Waals surface area contributed by atoms with Crippen LogP contribution in [0.15, 0.2) is 52.3 Å². The quantitative estimate of drug-likeness (QED) is 0.856. The molecule has 0 amide bonds. The first kappa shape index (κ1) is 12.6. The minimum Gasteiger partial charge on any atom is -0.497 e. The number of nitrogen functional groups attached to an aromatic ring is 1. The third-order valence-electron chi connectivity index (χ3n) is 2.48. The van der Waals surface area contributed by atoms with Crippen molar-refractivity contribution in [1.82, 2.24) is 0 Å². The van der Waals surface area contributed by atoms with E-state index in [0.29, 0.717) is 0 Å². The molecule has 4 heteroatoms. The van der Waals surface area contributed by atoms with Crippen LogP contribution >= 0.6 is 11.8 Å². The van der Waals surface area contributed by atoms with E-state index in [9.17, 15) is 0 Å². The van der Waals surface area contributed by atoms with Crippen LogP contribution in [0.1, 0.15) is 0 Å². The molecule has 3 nitrogen and oxygen atoms in total. The predicted molar refractivity (Wildman–Crippen MR) is 74.5 cm³/mol. The molecule has 0 heterocycles. The lowest BCUT2D eigenvalue weighted by Gasteiger charge is -2.10. The van der Waals surface area contributed by atoms with E-state index >= 15 is 0 Å². The molecule has 0 saturated carbocycles. The number of ether oxygens (including phenoxy) is 2. The Balaban J connectivity index is 2.29. The molecule has 2 aromatic rings. The Morgan fingerprint density at radius 1 is 0.944 bits per heavy atom. The zero-order valence-corrected chi connectivity index (χ0v) is 11.2. The molecule has 2 N–H and O–H groups in total. The van der Waals surface area contributed by atoms with E-state index in [1.165, 1.54) is 0 Å². The van der Waals surface area contributed by atoms with Gasteiger partial charge in [-0.3, -0.25) is 0 Å². The second-order valence-corrected chi connectivity index (χ2v) is 4.80. The summed E-state index contributed by atoms with van der Waals surface area (Å²) in [5.74, 6) is 1.64. The monoisotopic (exact) mass is 261 g/mol. The summed E-state index contributed by atoms with van der Waals surface area (Å²) in [6.07, 6.45) is 0. The Morgan fingerprint density at radius 2 is 1.67 bits per heavy atom. The van der Waals surface area contributed by atoms with Gasteiger partial charge in [-0.05, 0) is 42.5 Å². The molecular weight excluding hydrogens is 246 g/mol. The summed E-state index contributed by atoms with van der Waals surface area (Å²) in [7, 11) is 3.31. The third-order valence-corrected chi connectivity index (χ3v) is 3.53. The fraction of sp³-hybridized carbons (Fsp3) is 0.143. The van der Waals surface area contributed by atoms with Gasteiger partial charge in [-0.1, -0.05) is 11.8 Å². The number of anilines is 1. The van der Waals surface area contributed by atoms with Gasteiger partial charge >= 0.3 is 0 Å². The minimum absolute atomic E-state index is 0.761. The van der Waals surface area contributed by atoms with Crippen LogP contribution in [0, 0.1) is 0 Å². The fourth-order valence-electron chi connectivity index (χ4n) is 1.53. The zero-order valence-electron chi connectivity index (χ0n) is 10.3. The number of nitrogens with two attached hydrogens (primary N) is 1. The minimum atomic E-state index is 0.761. The topological polar surface area (TPSA) is 44.5 Å². The Hall–Kier alpha value is -1.81. The van der Waals surface area contributed by atoms with Crippen LogP contribution in [-0.4, -0.2) is 14.2 Å². The summed E-state index contributed by atoms with van der Waals surface area (Å²) >= 11 is 1.62. The van der Waals surface area contributed by atoms with E-state index in [0.717, 1.165) is 27.0 Å². The summed E-state index contributed by atoms with van der Waals surface area (Å²) in [5.41, 5.74) is 6.43. The summed E-state index contributed by atoms with van der Waals surface area (Å²) in [4.78, 5) is 2.12. The first-order valence-electron chi connectivity index (χ1n) is 5.48. The third kappa shape index (κ3) is 2.90. The van der Waals surface area contributed by atoms with Gasteiger partial charge in [0, 0.05) is 10.6 Å². The van der Waals surface area contributed by atoms with Gasteiger partial charge in [0.25, 0.3) is 0 Å². The van der Waals surface area contributed by atoms with Crippen LogP contribution in [0.3, 0.4) is 0 Å². The van der Waals surface area contributed by atoms with Gasteiger partial charge < -0.3 is 15.2 Å². The summed E-state index contributed by atoms with van der Waals surface area (Å²) < 4.78 is 10.6. The highest BCUT2D eigenvalue weighted by Gasteiger charge is 2.06. The van der Waals surface area contributed by atoms with E-state index in [4.69, 9.17) is 15.2 Å². The number of hydrogen-bond acceptors (Lipinski definition) is 4. The Morgan fingerprint density at radius 3 is 2.28 bits per heavy atom. The average Bonchev–Trinajstić information content (AvgIpc) is 2.41. The van der Waals surface area contributed by atoms with Crippen LogP contribution in [-0.2, 0) is 0 Å². The maximum absolute atomic E-state index is 5.67. The second-order valence-electron chi connectivity index (χ2n) is 3.69. The number of rotatable bonds is 4. The van der Waals surface area contributed by atoms with E-state index < -0.39 is 0 Å². The lowest BCUT2D eigenvalue weighted by Crippen LogP contribution is -1.89. The first-order chi connectivity index (χ1) is 8.72. The molecule has 0 aliphatic heterocycles. The summed E-state index contributed by atoms with van der Waals surface area (Å²) in [5, 5.41) is 0. The Bertz CT molecular complexity index is 526.